The molecule has 1 amide bonds. The minimum atomic E-state index is -0.710. The normalized spacial score (nSPS) is 10.1. The molecule has 0 fully saturated rings. The number of Topliss-reactive ketones (excluding diaryl/α,β-unsaturated/α-hetero) is 1. The lowest BCUT2D eigenvalue weighted by molar-refractivity contribution is 0.100. The smallest absolute Gasteiger partial charge is 0.260 e. The number of pyridine rings is 1. The number of nitrogens with one attached hydrogen (secondary N) is 1. The Labute approximate surface area is 106 Å². The standard InChI is InChI=1S/C11H8FN3O2S/c1-6(16)9-5-18-11(14-9)15-10(17)7-2-3-13-4-8(7)12/h2-5H,1H3,(H,14,15,17). The van der Waals surface area contributed by atoms with Gasteiger partial charge in [0.25, 0.3) is 5.91 Å². The SMILES string of the molecule is CC(=O)c1csc(NC(=O)c2ccncc2F)n1. The van der Waals surface area contributed by atoms with E-state index in [1.165, 1.54) is 24.6 Å². The molecule has 0 aliphatic rings. The van der Waals surface area contributed by atoms with E-state index in [4.69, 9.17) is 0 Å². The lowest BCUT2D eigenvalue weighted by atomic mass is 10.2. The molecule has 0 atom stereocenters. The van der Waals surface area contributed by atoms with Gasteiger partial charge in [-0.05, 0) is 6.07 Å². The first-order valence-electron chi connectivity index (χ1n) is 4.95. The van der Waals surface area contributed by atoms with E-state index in [0.717, 1.165) is 17.5 Å². The van der Waals surface area contributed by atoms with E-state index in [2.05, 4.69) is 15.3 Å². The third-order valence-corrected chi connectivity index (χ3v) is 2.86. The van der Waals surface area contributed by atoms with E-state index in [9.17, 15) is 14.0 Å². The Morgan fingerprint density at radius 1 is 1.44 bits per heavy atom. The number of halogens is 1. The van der Waals surface area contributed by atoms with E-state index < -0.39 is 11.7 Å². The highest BCUT2D eigenvalue weighted by atomic mass is 32.1. The number of ketones is 1. The molecule has 0 bridgehead atoms. The average molecular weight is 265 g/mol. The molecule has 2 heterocycles. The lowest BCUT2D eigenvalue weighted by Crippen LogP contribution is -2.13. The zero-order chi connectivity index (χ0) is 13.1. The van der Waals surface area contributed by atoms with Gasteiger partial charge in [0, 0.05) is 18.5 Å². The molecule has 0 unspecified atom stereocenters. The molecule has 5 nitrogen and oxygen atoms in total. The van der Waals surface area contributed by atoms with Gasteiger partial charge in [0.2, 0.25) is 0 Å². The fraction of sp³-hybridized carbons (Fsp3) is 0.0909. The van der Waals surface area contributed by atoms with Crippen LogP contribution in [0.1, 0.15) is 27.8 Å². The van der Waals surface area contributed by atoms with Crippen molar-refractivity contribution in [3.8, 4) is 0 Å². The Morgan fingerprint density at radius 2 is 2.22 bits per heavy atom. The number of carbonyl (C=O) groups excluding carboxylic acids is 2. The maximum atomic E-state index is 13.3. The number of aromatic nitrogens is 2. The van der Waals surface area contributed by atoms with Crippen molar-refractivity contribution in [3.63, 3.8) is 0 Å². The summed E-state index contributed by atoms with van der Waals surface area (Å²) in [6.07, 6.45) is 2.28. The van der Waals surface area contributed by atoms with Gasteiger partial charge in [-0.3, -0.25) is 19.9 Å². The first kappa shape index (κ1) is 12.3. The van der Waals surface area contributed by atoms with Crippen LogP contribution >= 0.6 is 11.3 Å². The van der Waals surface area contributed by atoms with Crippen LogP contribution in [0.2, 0.25) is 0 Å². The molecule has 0 aliphatic heterocycles. The Bertz CT molecular complexity index is 612. The summed E-state index contributed by atoms with van der Waals surface area (Å²) in [5.74, 6) is -1.53. The summed E-state index contributed by atoms with van der Waals surface area (Å²) in [6, 6.07) is 1.27. The second-order valence-corrected chi connectivity index (χ2v) is 4.26. The second-order valence-electron chi connectivity index (χ2n) is 3.40. The Morgan fingerprint density at radius 3 is 2.83 bits per heavy atom. The minimum Gasteiger partial charge on any atom is -0.298 e. The molecule has 92 valence electrons. The van der Waals surface area contributed by atoms with E-state index >= 15 is 0 Å². The minimum absolute atomic E-state index is 0.121. The summed E-state index contributed by atoms with van der Waals surface area (Å²) >= 11 is 1.10. The first-order chi connectivity index (χ1) is 8.58. The van der Waals surface area contributed by atoms with Gasteiger partial charge in [-0.1, -0.05) is 0 Å². The van der Waals surface area contributed by atoms with Crippen molar-refractivity contribution in [2.45, 2.75) is 6.92 Å². The fourth-order valence-electron chi connectivity index (χ4n) is 1.22. The number of thiazole rings is 1. The lowest BCUT2D eigenvalue weighted by Gasteiger charge is -2.01. The van der Waals surface area contributed by atoms with E-state index in [0.29, 0.717) is 0 Å². The summed E-state index contributed by atoms with van der Waals surface area (Å²) in [6.45, 7) is 1.38. The maximum Gasteiger partial charge on any atom is 0.260 e. The number of hydrogen-bond donors (Lipinski definition) is 1. The number of rotatable bonds is 3. The summed E-state index contributed by atoms with van der Waals surface area (Å²) in [5.41, 5.74) is 0.148. The second kappa shape index (κ2) is 5.01. The van der Waals surface area contributed by atoms with Crippen molar-refractivity contribution in [1.82, 2.24) is 9.97 Å². The maximum absolute atomic E-state index is 13.3. The summed E-state index contributed by atoms with van der Waals surface area (Å²) in [5, 5.41) is 4.20. The van der Waals surface area contributed by atoms with Gasteiger partial charge in [-0.15, -0.1) is 11.3 Å². The highest BCUT2D eigenvalue weighted by Gasteiger charge is 2.14. The summed E-state index contributed by atoms with van der Waals surface area (Å²) in [7, 11) is 0. The van der Waals surface area contributed by atoms with Crippen LogP contribution in [0.25, 0.3) is 0 Å². The molecular formula is C11H8FN3O2S. The molecule has 0 saturated heterocycles. The number of nitrogens with zero attached hydrogens (tertiary/aromatic N) is 2. The molecule has 1 N–H and O–H groups in total. The number of anilines is 1. The Balaban J connectivity index is 2.16. The zero-order valence-electron chi connectivity index (χ0n) is 9.31. The molecular weight excluding hydrogens is 257 g/mol. The molecule has 2 rings (SSSR count). The summed E-state index contributed by atoms with van der Waals surface area (Å²) < 4.78 is 13.3. The number of carbonyl (C=O) groups is 2. The monoisotopic (exact) mass is 265 g/mol. The third kappa shape index (κ3) is 2.57. The van der Waals surface area contributed by atoms with Gasteiger partial charge in [0.05, 0.1) is 11.8 Å². The van der Waals surface area contributed by atoms with Crippen molar-refractivity contribution in [3.05, 3.63) is 40.9 Å². The quantitative estimate of drug-likeness (QED) is 0.863. The predicted molar refractivity (Wildman–Crippen MR) is 64.3 cm³/mol. The van der Waals surface area contributed by atoms with E-state index in [1.54, 1.807) is 0 Å². The van der Waals surface area contributed by atoms with Crippen LogP contribution in [0, 0.1) is 5.82 Å². The molecule has 2 aromatic rings. The van der Waals surface area contributed by atoms with Crippen LogP contribution in [0.3, 0.4) is 0 Å². The highest BCUT2D eigenvalue weighted by Crippen LogP contribution is 2.17. The van der Waals surface area contributed by atoms with Crippen molar-refractivity contribution >= 4 is 28.2 Å². The van der Waals surface area contributed by atoms with Crippen molar-refractivity contribution in [1.29, 1.82) is 0 Å². The average Bonchev–Trinajstić information content (AvgIpc) is 2.78. The summed E-state index contributed by atoms with van der Waals surface area (Å²) in [4.78, 5) is 30.2. The van der Waals surface area contributed by atoms with Crippen molar-refractivity contribution in [2.75, 3.05) is 5.32 Å². The topological polar surface area (TPSA) is 72.0 Å². The van der Waals surface area contributed by atoms with Crippen molar-refractivity contribution in [2.24, 2.45) is 0 Å². The largest absolute Gasteiger partial charge is 0.298 e. The van der Waals surface area contributed by atoms with Crippen LogP contribution in [0.4, 0.5) is 9.52 Å². The predicted octanol–water partition coefficient (Wildman–Crippen LogP) is 2.13. The van der Waals surface area contributed by atoms with Crippen LogP contribution in [-0.4, -0.2) is 21.7 Å². The Kier molecular flexibility index (Phi) is 3.42. The van der Waals surface area contributed by atoms with Crippen LogP contribution < -0.4 is 5.32 Å². The van der Waals surface area contributed by atoms with Crippen molar-refractivity contribution < 1.29 is 14.0 Å². The van der Waals surface area contributed by atoms with E-state index in [-0.39, 0.29) is 22.2 Å². The number of amides is 1. The van der Waals surface area contributed by atoms with Crippen LogP contribution in [0.5, 0.6) is 0 Å². The van der Waals surface area contributed by atoms with Gasteiger partial charge in [0.1, 0.15) is 5.69 Å². The highest BCUT2D eigenvalue weighted by molar-refractivity contribution is 7.14. The fourth-order valence-corrected chi connectivity index (χ4v) is 1.96. The van der Waals surface area contributed by atoms with Gasteiger partial charge >= 0.3 is 0 Å². The van der Waals surface area contributed by atoms with Crippen LogP contribution in [-0.2, 0) is 0 Å². The molecule has 0 aromatic carbocycles. The first-order valence-corrected chi connectivity index (χ1v) is 5.83. The van der Waals surface area contributed by atoms with Gasteiger partial charge in [-0.2, -0.15) is 0 Å². The molecule has 0 radical (unpaired) electrons. The molecule has 7 heteroatoms. The van der Waals surface area contributed by atoms with Gasteiger partial charge < -0.3 is 0 Å². The molecule has 0 saturated carbocycles. The van der Waals surface area contributed by atoms with Gasteiger partial charge in [0.15, 0.2) is 16.7 Å². The molecule has 0 aliphatic carbocycles. The van der Waals surface area contributed by atoms with E-state index in [1.807, 2.05) is 0 Å². The van der Waals surface area contributed by atoms with Crippen LogP contribution in [0.15, 0.2) is 23.8 Å². The Hall–Kier alpha value is -2.15. The molecule has 18 heavy (non-hydrogen) atoms. The molecule has 2 aromatic heterocycles. The zero-order valence-corrected chi connectivity index (χ0v) is 10.1. The molecule has 0 spiro atoms. The van der Waals surface area contributed by atoms with Gasteiger partial charge in [-0.25, -0.2) is 9.37 Å². The third-order valence-electron chi connectivity index (χ3n) is 2.10. The number of hydrogen-bond acceptors (Lipinski definition) is 5.